The number of carbonyl (C=O) groups excluding carboxylic acids is 3. The van der Waals surface area contributed by atoms with Gasteiger partial charge in [0.1, 0.15) is 17.2 Å². The Kier molecular flexibility index (Phi) is 13.2. The first-order chi connectivity index (χ1) is 21.3. The van der Waals surface area contributed by atoms with Gasteiger partial charge in [0.2, 0.25) is 0 Å². The quantitative estimate of drug-likeness (QED) is 0.0669. The summed E-state index contributed by atoms with van der Waals surface area (Å²) in [6, 6.07) is 23.0. The number of benzene rings is 3. The van der Waals surface area contributed by atoms with Crippen molar-refractivity contribution < 1.29 is 33.3 Å². The fourth-order valence-electron chi connectivity index (χ4n) is 4.22. The van der Waals surface area contributed by atoms with Crippen LogP contribution >= 0.6 is 0 Å². The SMILES string of the molecule is C=CC(=O)OCCCCCCOc1ccc(C(=O)Oc2ccc(-c3ccc(OC(=O)C(C)(C#N)CCCC)cc3)cc2)cc1. The van der Waals surface area contributed by atoms with Crippen molar-refractivity contribution >= 4 is 17.9 Å². The number of nitriles is 1. The summed E-state index contributed by atoms with van der Waals surface area (Å²) in [6.07, 6.45) is 6.83. The fourth-order valence-corrected chi connectivity index (χ4v) is 4.22. The van der Waals surface area contributed by atoms with Crippen LogP contribution in [0.15, 0.2) is 85.5 Å². The Morgan fingerprint density at radius 2 is 1.32 bits per heavy atom. The zero-order valence-corrected chi connectivity index (χ0v) is 25.4. The van der Waals surface area contributed by atoms with Crippen LogP contribution in [-0.4, -0.2) is 31.1 Å². The van der Waals surface area contributed by atoms with Crippen LogP contribution in [0.2, 0.25) is 0 Å². The third-order valence-corrected chi connectivity index (χ3v) is 7.00. The second-order valence-corrected chi connectivity index (χ2v) is 10.5. The normalized spacial score (nSPS) is 11.8. The number of nitrogens with zero attached hydrogens (tertiary/aromatic N) is 1. The Morgan fingerprint density at radius 1 is 0.773 bits per heavy atom. The molecule has 0 heterocycles. The van der Waals surface area contributed by atoms with Gasteiger partial charge in [0.25, 0.3) is 0 Å². The smallest absolute Gasteiger partial charge is 0.343 e. The molecule has 0 fully saturated rings. The van der Waals surface area contributed by atoms with Gasteiger partial charge in [-0.3, -0.25) is 0 Å². The lowest BCUT2D eigenvalue weighted by Crippen LogP contribution is -2.30. The van der Waals surface area contributed by atoms with Crippen molar-refractivity contribution in [1.29, 1.82) is 5.26 Å². The summed E-state index contributed by atoms with van der Waals surface area (Å²) < 4.78 is 21.7. The van der Waals surface area contributed by atoms with Gasteiger partial charge in [-0.1, -0.05) is 50.6 Å². The number of ether oxygens (including phenoxy) is 4. The molecule has 3 aromatic rings. The second kappa shape index (κ2) is 17.3. The van der Waals surface area contributed by atoms with E-state index in [9.17, 15) is 19.6 Å². The summed E-state index contributed by atoms with van der Waals surface area (Å²) in [7, 11) is 0. The highest BCUT2D eigenvalue weighted by Crippen LogP contribution is 2.29. The van der Waals surface area contributed by atoms with E-state index < -0.39 is 23.3 Å². The summed E-state index contributed by atoms with van der Waals surface area (Å²) >= 11 is 0. The molecule has 44 heavy (non-hydrogen) atoms. The van der Waals surface area contributed by atoms with Gasteiger partial charge in [-0.15, -0.1) is 0 Å². The fraction of sp³-hybridized carbons (Fsp3) is 0.333. The predicted octanol–water partition coefficient (Wildman–Crippen LogP) is 7.87. The van der Waals surface area contributed by atoms with E-state index in [0.29, 0.717) is 42.4 Å². The molecule has 0 bridgehead atoms. The second-order valence-electron chi connectivity index (χ2n) is 10.5. The van der Waals surface area contributed by atoms with E-state index in [1.807, 2.05) is 31.2 Å². The Hall–Kier alpha value is -4.90. The number of hydrogen-bond acceptors (Lipinski definition) is 8. The number of esters is 3. The molecule has 3 rings (SSSR count). The van der Waals surface area contributed by atoms with Crippen LogP contribution in [-0.2, 0) is 14.3 Å². The van der Waals surface area contributed by atoms with E-state index in [4.69, 9.17) is 18.9 Å². The summed E-state index contributed by atoms with van der Waals surface area (Å²) in [5.74, 6) is 0.0244. The van der Waals surface area contributed by atoms with Crippen molar-refractivity contribution in [2.24, 2.45) is 5.41 Å². The summed E-state index contributed by atoms with van der Waals surface area (Å²) in [6.45, 7) is 7.93. The van der Waals surface area contributed by atoms with E-state index in [0.717, 1.165) is 55.7 Å². The molecule has 0 spiro atoms. The van der Waals surface area contributed by atoms with E-state index in [1.165, 1.54) is 0 Å². The molecule has 230 valence electrons. The lowest BCUT2D eigenvalue weighted by atomic mass is 9.87. The van der Waals surface area contributed by atoms with Crippen LogP contribution < -0.4 is 14.2 Å². The highest BCUT2D eigenvalue weighted by Gasteiger charge is 2.34. The van der Waals surface area contributed by atoms with Crippen LogP contribution in [0.1, 0.15) is 69.2 Å². The van der Waals surface area contributed by atoms with Crippen molar-refractivity contribution in [2.75, 3.05) is 13.2 Å². The number of carbonyl (C=O) groups is 3. The number of rotatable bonds is 17. The average Bonchev–Trinajstić information content (AvgIpc) is 3.05. The highest BCUT2D eigenvalue weighted by atomic mass is 16.5. The van der Waals surface area contributed by atoms with Gasteiger partial charge in [0.05, 0.1) is 24.8 Å². The lowest BCUT2D eigenvalue weighted by molar-refractivity contribution is -0.142. The van der Waals surface area contributed by atoms with Crippen molar-refractivity contribution in [3.63, 3.8) is 0 Å². The maximum absolute atomic E-state index is 12.6. The zero-order valence-electron chi connectivity index (χ0n) is 25.4. The first-order valence-electron chi connectivity index (χ1n) is 14.9. The van der Waals surface area contributed by atoms with Gasteiger partial charge < -0.3 is 18.9 Å². The first kappa shape index (κ1) is 33.6. The third-order valence-electron chi connectivity index (χ3n) is 7.00. The third kappa shape index (κ3) is 10.4. The maximum Gasteiger partial charge on any atom is 0.343 e. The molecule has 3 aromatic carbocycles. The van der Waals surface area contributed by atoms with Crippen LogP contribution in [0.4, 0.5) is 0 Å². The Bertz CT molecular complexity index is 1420. The van der Waals surface area contributed by atoms with E-state index >= 15 is 0 Å². The maximum atomic E-state index is 12.6. The predicted molar refractivity (Wildman–Crippen MR) is 167 cm³/mol. The number of hydrogen-bond donors (Lipinski definition) is 0. The zero-order chi connectivity index (χ0) is 31.8. The van der Waals surface area contributed by atoms with Gasteiger partial charge in [-0.25, -0.2) is 14.4 Å². The summed E-state index contributed by atoms with van der Waals surface area (Å²) in [5, 5.41) is 9.49. The van der Waals surface area contributed by atoms with Crippen molar-refractivity contribution in [1.82, 2.24) is 0 Å². The minimum atomic E-state index is -1.18. The van der Waals surface area contributed by atoms with E-state index in [1.54, 1.807) is 55.5 Å². The molecule has 0 aromatic heterocycles. The van der Waals surface area contributed by atoms with Gasteiger partial charge in [0, 0.05) is 6.08 Å². The molecule has 0 radical (unpaired) electrons. The molecule has 0 aliphatic rings. The van der Waals surface area contributed by atoms with Gasteiger partial charge in [-0.2, -0.15) is 5.26 Å². The van der Waals surface area contributed by atoms with Crippen molar-refractivity contribution in [3.05, 3.63) is 91.0 Å². The van der Waals surface area contributed by atoms with Gasteiger partial charge >= 0.3 is 17.9 Å². The highest BCUT2D eigenvalue weighted by molar-refractivity contribution is 5.91. The molecule has 1 unspecified atom stereocenters. The first-order valence-corrected chi connectivity index (χ1v) is 14.9. The minimum absolute atomic E-state index is 0.374. The molecule has 8 nitrogen and oxygen atoms in total. The molecular weight excluding hydrogens is 558 g/mol. The Balaban J connectivity index is 1.44. The monoisotopic (exact) mass is 597 g/mol. The lowest BCUT2D eigenvalue weighted by Gasteiger charge is -2.19. The van der Waals surface area contributed by atoms with E-state index in [2.05, 4.69) is 12.6 Å². The van der Waals surface area contributed by atoms with Gasteiger partial charge in [-0.05, 0) is 98.7 Å². The minimum Gasteiger partial charge on any atom is -0.494 e. The van der Waals surface area contributed by atoms with E-state index in [-0.39, 0.29) is 0 Å². The molecule has 0 aliphatic heterocycles. The largest absolute Gasteiger partial charge is 0.494 e. The average molecular weight is 598 g/mol. The molecule has 1 atom stereocenters. The topological polar surface area (TPSA) is 112 Å². The molecule has 0 N–H and O–H groups in total. The van der Waals surface area contributed by atoms with Crippen LogP contribution in [0, 0.1) is 16.7 Å². The van der Waals surface area contributed by atoms with Crippen LogP contribution in [0.5, 0.6) is 17.2 Å². The van der Waals surface area contributed by atoms with Crippen molar-refractivity contribution in [2.45, 2.75) is 58.8 Å². The summed E-state index contributed by atoms with van der Waals surface area (Å²) in [4.78, 5) is 36.2. The molecule has 0 saturated heterocycles. The molecule has 0 saturated carbocycles. The molecule has 0 amide bonds. The standard InChI is InChI=1S/C36H39NO7/c1-4-6-23-36(3,26-37)35(40)44-32-21-13-28(14-22-32)27-11-19-31(20-12-27)43-34(39)29-15-17-30(18-16-29)41-24-9-7-8-10-25-42-33(38)5-2/h5,11-22H,2,4,6-10,23-25H2,1,3H3. The summed E-state index contributed by atoms with van der Waals surface area (Å²) in [5.41, 5.74) is 1.01. The van der Waals surface area contributed by atoms with Crippen LogP contribution in [0.25, 0.3) is 11.1 Å². The molecule has 8 heteroatoms. The Labute approximate surface area is 259 Å². The van der Waals surface area contributed by atoms with Gasteiger partial charge in [0.15, 0.2) is 5.41 Å². The molecule has 0 aliphatic carbocycles. The number of unbranched alkanes of at least 4 members (excludes halogenated alkanes) is 4. The van der Waals surface area contributed by atoms with Crippen molar-refractivity contribution in [3.8, 4) is 34.4 Å². The van der Waals surface area contributed by atoms with Crippen LogP contribution in [0.3, 0.4) is 0 Å². The Morgan fingerprint density at radius 3 is 1.86 bits per heavy atom. The molecular formula is C36H39NO7.